The molecule has 0 radical (unpaired) electrons. The summed E-state index contributed by atoms with van der Waals surface area (Å²) in [5.74, 6) is -0.882. The highest BCUT2D eigenvalue weighted by Crippen LogP contribution is 2.37. The quantitative estimate of drug-likeness (QED) is 0.814. The van der Waals surface area contributed by atoms with E-state index in [1.807, 2.05) is 31.2 Å². The van der Waals surface area contributed by atoms with Crippen LogP contribution in [0.2, 0.25) is 0 Å². The number of carbonyl (C=O) groups is 3. The van der Waals surface area contributed by atoms with Gasteiger partial charge in [0.05, 0.1) is 22.7 Å². The van der Waals surface area contributed by atoms with Gasteiger partial charge in [0, 0.05) is 32.7 Å². The third-order valence-corrected chi connectivity index (χ3v) is 6.89. The lowest BCUT2D eigenvalue weighted by molar-refractivity contribution is -0.134. The zero-order valence-electron chi connectivity index (χ0n) is 16.8. The minimum atomic E-state index is -0.786. The monoisotopic (exact) mass is 412 g/mol. The van der Waals surface area contributed by atoms with Gasteiger partial charge in [-0.15, -0.1) is 11.3 Å². The average Bonchev–Trinajstić information content (AvgIpc) is 3.25. The molecule has 1 saturated heterocycles. The maximum Gasteiger partial charge on any atom is 0.265 e. The SMILES string of the molecule is Cc1ncsc1C(=O)N1C[C@H](C(=O)N(C)C)[C@]2(CCc3ccccc3C(=O)N2)C1. The topological polar surface area (TPSA) is 82.6 Å². The largest absolute Gasteiger partial charge is 0.348 e. The van der Waals surface area contributed by atoms with E-state index in [0.29, 0.717) is 35.5 Å². The van der Waals surface area contributed by atoms with E-state index in [1.54, 1.807) is 29.4 Å². The van der Waals surface area contributed by atoms with Crippen LogP contribution in [0, 0.1) is 12.8 Å². The van der Waals surface area contributed by atoms with Crippen LogP contribution in [0.3, 0.4) is 0 Å². The van der Waals surface area contributed by atoms with E-state index in [0.717, 1.165) is 5.56 Å². The molecule has 3 amide bonds. The van der Waals surface area contributed by atoms with Crippen LogP contribution >= 0.6 is 11.3 Å². The Bertz CT molecular complexity index is 986. The molecule has 8 heteroatoms. The molecule has 0 bridgehead atoms. The molecule has 29 heavy (non-hydrogen) atoms. The summed E-state index contributed by atoms with van der Waals surface area (Å²) in [6.45, 7) is 2.40. The number of thiazole rings is 1. The number of nitrogens with zero attached hydrogens (tertiary/aromatic N) is 3. The third-order valence-electron chi connectivity index (χ3n) is 5.97. The molecule has 1 spiro atoms. The molecule has 2 aliphatic rings. The molecule has 0 unspecified atom stereocenters. The molecular weight excluding hydrogens is 388 g/mol. The molecule has 2 aliphatic heterocycles. The van der Waals surface area contributed by atoms with E-state index in [4.69, 9.17) is 0 Å². The molecule has 4 rings (SSSR count). The highest BCUT2D eigenvalue weighted by atomic mass is 32.1. The van der Waals surface area contributed by atoms with Gasteiger partial charge in [-0.05, 0) is 31.4 Å². The summed E-state index contributed by atoms with van der Waals surface area (Å²) in [5.41, 5.74) is 3.17. The van der Waals surface area contributed by atoms with Crippen LogP contribution in [-0.2, 0) is 11.2 Å². The number of fused-ring (bicyclic) bond motifs is 1. The number of hydrogen-bond acceptors (Lipinski definition) is 5. The van der Waals surface area contributed by atoms with E-state index >= 15 is 0 Å². The molecule has 7 nitrogen and oxygen atoms in total. The second-order valence-electron chi connectivity index (χ2n) is 8.01. The van der Waals surface area contributed by atoms with Crippen LogP contribution < -0.4 is 5.32 Å². The number of aryl methyl sites for hydroxylation is 2. The lowest BCUT2D eigenvalue weighted by Gasteiger charge is -2.34. The minimum absolute atomic E-state index is 0.0763. The Hall–Kier alpha value is -2.74. The number of nitrogens with one attached hydrogen (secondary N) is 1. The predicted octanol–water partition coefficient (Wildman–Crippen LogP) is 1.73. The second kappa shape index (κ2) is 7.26. The van der Waals surface area contributed by atoms with Gasteiger partial charge in [-0.3, -0.25) is 14.4 Å². The number of amides is 3. The van der Waals surface area contributed by atoms with Crippen LogP contribution in [0.1, 0.15) is 37.7 Å². The van der Waals surface area contributed by atoms with Gasteiger partial charge < -0.3 is 15.1 Å². The Balaban J connectivity index is 1.70. The van der Waals surface area contributed by atoms with Gasteiger partial charge in [0.2, 0.25) is 5.91 Å². The standard InChI is InChI=1S/C21H24N4O3S/c1-13-17(29-12-22-13)20(28)25-10-16(19(27)24(2)3)21(11-25)9-8-14-6-4-5-7-15(14)18(26)23-21/h4-7,12,16H,8-11H2,1-3H3,(H,23,26)/t16-,21+/m1/s1. The van der Waals surface area contributed by atoms with Crippen molar-refractivity contribution in [3.63, 3.8) is 0 Å². The fourth-order valence-electron chi connectivity index (χ4n) is 4.40. The van der Waals surface area contributed by atoms with Crippen LogP contribution in [-0.4, -0.2) is 65.2 Å². The molecule has 1 N–H and O–H groups in total. The highest BCUT2D eigenvalue weighted by Gasteiger charge is 2.53. The first-order valence-corrected chi connectivity index (χ1v) is 10.5. The number of benzene rings is 1. The van der Waals surface area contributed by atoms with Crippen molar-refractivity contribution < 1.29 is 14.4 Å². The molecule has 3 heterocycles. The summed E-state index contributed by atoms with van der Waals surface area (Å²) in [6, 6.07) is 7.53. The smallest absolute Gasteiger partial charge is 0.265 e. The normalized spacial score (nSPS) is 23.5. The van der Waals surface area contributed by atoms with Gasteiger partial charge in [0.25, 0.3) is 11.8 Å². The van der Waals surface area contributed by atoms with Gasteiger partial charge >= 0.3 is 0 Å². The maximum absolute atomic E-state index is 13.1. The molecule has 0 aliphatic carbocycles. The maximum atomic E-state index is 13.1. The van der Waals surface area contributed by atoms with Gasteiger partial charge in [-0.2, -0.15) is 0 Å². The molecule has 0 saturated carbocycles. The molecular formula is C21H24N4O3S. The van der Waals surface area contributed by atoms with Crippen molar-refractivity contribution in [1.29, 1.82) is 0 Å². The van der Waals surface area contributed by atoms with E-state index in [-0.39, 0.29) is 24.3 Å². The molecule has 2 atom stereocenters. The van der Waals surface area contributed by atoms with Gasteiger partial charge in [0.15, 0.2) is 0 Å². The van der Waals surface area contributed by atoms with Crippen molar-refractivity contribution in [3.05, 3.63) is 51.5 Å². The van der Waals surface area contributed by atoms with Crippen LogP contribution in [0.25, 0.3) is 0 Å². The summed E-state index contributed by atoms with van der Waals surface area (Å²) in [7, 11) is 3.42. The fourth-order valence-corrected chi connectivity index (χ4v) is 5.16. The van der Waals surface area contributed by atoms with Crippen molar-refractivity contribution in [2.75, 3.05) is 27.2 Å². The first-order valence-electron chi connectivity index (χ1n) is 9.63. The zero-order valence-corrected chi connectivity index (χ0v) is 17.6. The molecule has 1 aromatic heterocycles. The first kappa shape index (κ1) is 19.6. The van der Waals surface area contributed by atoms with Crippen molar-refractivity contribution in [3.8, 4) is 0 Å². The van der Waals surface area contributed by atoms with Gasteiger partial charge in [-0.1, -0.05) is 18.2 Å². The number of likely N-dealkylation sites (tertiary alicyclic amines) is 1. The van der Waals surface area contributed by atoms with E-state index in [2.05, 4.69) is 10.3 Å². The van der Waals surface area contributed by atoms with Crippen LogP contribution in [0.15, 0.2) is 29.8 Å². The Kier molecular flexibility index (Phi) is 4.90. The predicted molar refractivity (Wildman–Crippen MR) is 110 cm³/mol. The first-order chi connectivity index (χ1) is 13.8. The Labute approximate surface area is 173 Å². The van der Waals surface area contributed by atoms with Gasteiger partial charge in [-0.25, -0.2) is 4.98 Å². The Morgan fingerprint density at radius 2 is 2.07 bits per heavy atom. The summed E-state index contributed by atoms with van der Waals surface area (Å²) in [5, 5.41) is 3.15. The van der Waals surface area contributed by atoms with Crippen molar-refractivity contribution in [2.24, 2.45) is 5.92 Å². The van der Waals surface area contributed by atoms with Crippen LogP contribution in [0.5, 0.6) is 0 Å². The fraction of sp³-hybridized carbons (Fsp3) is 0.429. The number of aromatic nitrogens is 1. The van der Waals surface area contributed by atoms with Crippen molar-refractivity contribution in [1.82, 2.24) is 20.1 Å². The zero-order chi connectivity index (χ0) is 20.8. The highest BCUT2D eigenvalue weighted by molar-refractivity contribution is 7.11. The summed E-state index contributed by atoms with van der Waals surface area (Å²) < 4.78 is 0. The summed E-state index contributed by atoms with van der Waals surface area (Å²) >= 11 is 1.30. The third kappa shape index (κ3) is 3.31. The summed E-state index contributed by atoms with van der Waals surface area (Å²) in [4.78, 5) is 47.2. The molecule has 2 aromatic rings. The second-order valence-corrected chi connectivity index (χ2v) is 8.86. The minimum Gasteiger partial charge on any atom is -0.348 e. The lowest BCUT2D eigenvalue weighted by atomic mass is 9.81. The van der Waals surface area contributed by atoms with E-state index < -0.39 is 11.5 Å². The number of carbonyl (C=O) groups excluding carboxylic acids is 3. The van der Waals surface area contributed by atoms with Crippen LogP contribution in [0.4, 0.5) is 0 Å². The van der Waals surface area contributed by atoms with Crippen molar-refractivity contribution in [2.45, 2.75) is 25.3 Å². The van der Waals surface area contributed by atoms with Crippen molar-refractivity contribution >= 4 is 29.1 Å². The number of hydrogen-bond donors (Lipinski definition) is 1. The average molecular weight is 413 g/mol. The lowest BCUT2D eigenvalue weighted by Crippen LogP contribution is -2.57. The molecule has 1 aromatic carbocycles. The number of rotatable bonds is 2. The molecule has 152 valence electrons. The Morgan fingerprint density at radius 3 is 2.76 bits per heavy atom. The molecule has 1 fully saturated rings. The van der Waals surface area contributed by atoms with E-state index in [1.165, 1.54) is 11.3 Å². The summed E-state index contributed by atoms with van der Waals surface area (Å²) in [6.07, 6.45) is 1.28. The van der Waals surface area contributed by atoms with Gasteiger partial charge in [0.1, 0.15) is 4.88 Å². The van der Waals surface area contributed by atoms with E-state index in [9.17, 15) is 14.4 Å². The Morgan fingerprint density at radius 1 is 1.31 bits per heavy atom.